The van der Waals surface area contributed by atoms with Crippen LogP contribution < -0.4 is 5.32 Å². The van der Waals surface area contributed by atoms with E-state index in [0.717, 1.165) is 23.1 Å². The van der Waals surface area contributed by atoms with Crippen LogP contribution in [0.3, 0.4) is 0 Å². The molecule has 0 radical (unpaired) electrons. The van der Waals surface area contributed by atoms with Gasteiger partial charge in [0.15, 0.2) is 5.96 Å². The van der Waals surface area contributed by atoms with Crippen molar-refractivity contribution in [2.45, 2.75) is 24.2 Å². The van der Waals surface area contributed by atoms with Gasteiger partial charge < -0.3 is 14.8 Å². The Hall–Kier alpha value is -0.820. The molecule has 0 fully saturated rings. The van der Waals surface area contributed by atoms with E-state index in [2.05, 4.69) is 10.3 Å². The number of halogens is 2. The number of aromatic nitrogens is 1. The standard InChI is InChI=1S/C17H26ClN5O2S2.HI/c1-6-19-17(23(5)12-14-9-13(18)11-22(14)4)20-10-15-7-8-16(26-15)27(24,25)21(2)3;/h7-9,11H,6,10,12H2,1-5H3,(H,19,20);1H. The zero-order valence-corrected chi connectivity index (χ0v) is 21.4. The average Bonchev–Trinajstić information content (AvgIpc) is 3.18. The molecule has 0 aromatic carbocycles. The Morgan fingerprint density at radius 1 is 1.32 bits per heavy atom. The van der Waals surface area contributed by atoms with Crippen LogP contribution in [0.4, 0.5) is 0 Å². The number of aryl methyl sites for hydroxylation is 1. The van der Waals surface area contributed by atoms with Gasteiger partial charge >= 0.3 is 0 Å². The maximum absolute atomic E-state index is 12.2. The van der Waals surface area contributed by atoms with Crippen molar-refractivity contribution in [1.29, 1.82) is 0 Å². The summed E-state index contributed by atoms with van der Waals surface area (Å²) in [6, 6.07) is 5.37. The Bertz CT molecular complexity index is 909. The first-order valence-electron chi connectivity index (χ1n) is 8.46. The van der Waals surface area contributed by atoms with E-state index in [1.807, 2.05) is 48.8 Å². The Labute approximate surface area is 193 Å². The number of thiophene rings is 1. The van der Waals surface area contributed by atoms with Gasteiger partial charge in [-0.15, -0.1) is 35.3 Å². The fraction of sp³-hybridized carbons (Fsp3) is 0.471. The SMILES string of the molecule is CCNC(=NCc1ccc(S(=O)(=O)N(C)C)s1)N(C)Cc1cc(Cl)cn1C.I. The van der Waals surface area contributed by atoms with E-state index in [1.165, 1.54) is 29.7 Å². The van der Waals surface area contributed by atoms with Crippen LogP contribution in [0.2, 0.25) is 5.02 Å². The molecule has 28 heavy (non-hydrogen) atoms. The predicted octanol–water partition coefficient (Wildman–Crippen LogP) is 3.21. The number of hydrogen-bond acceptors (Lipinski definition) is 4. The lowest BCUT2D eigenvalue weighted by atomic mass is 10.4. The highest BCUT2D eigenvalue weighted by atomic mass is 127. The van der Waals surface area contributed by atoms with Crippen molar-refractivity contribution in [3.63, 3.8) is 0 Å². The Morgan fingerprint density at radius 2 is 2.00 bits per heavy atom. The lowest BCUT2D eigenvalue weighted by Gasteiger charge is -2.22. The maximum Gasteiger partial charge on any atom is 0.252 e. The minimum atomic E-state index is -3.40. The summed E-state index contributed by atoms with van der Waals surface area (Å²) in [4.78, 5) is 7.55. The largest absolute Gasteiger partial charge is 0.357 e. The lowest BCUT2D eigenvalue weighted by molar-refractivity contribution is 0.462. The van der Waals surface area contributed by atoms with Gasteiger partial charge in [-0.3, -0.25) is 0 Å². The molecule has 2 rings (SSSR count). The smallest absolute Gasteiger partial charge is 0.252 e. The number of hydrogen-bond donors (Lipinski definition) is 1. The molecule has 158 valence electrons. The van der Waals surface area contributed by atoms with Crippen LogP contribution in [-0.2, 0) is 30.2 Å². The van der Waals surface area contributed by atoms with Crippen molar-refractivity contribution in [2.75, 3.05) is 27.7 Å². The number of rotatable bonds is 7. The van der Waals surface area contributed by atoms with Crippen molar-refractivity contribution >= 4 is 62.9 Å². The van der Waals surface area contributed by atoms with Gasteiger partial charge in [0.2, 0.25) is 0 Å². The van der Waals surface area contributed by atoms with Gasteiger partial charge in [0.05, 0.1) is 18.1 Å². The highest BCUT2D eigenvalue weighted by Gasteiger charge is 2.19. The third-order valence-corrected chi connectivity index (χ3v) is 7.49. The molecule has 7 nitrogen and oxygen atoms in total. The third-order valence-electron chi connectivity index (χ3n) is 3.93. The van der Waals surface area contributed by atoms with E-state index in [9.17, 15) is 8.42 Å². The molecule has 0 saturated carbocycles. The molecule has 0 unspecified atom stereocenters. The minimum absolute atomic E-state index is 0. The van der Waals surface area contributed by atoms with Crippen molar-refractivity contribution in [3.05, 3.63) is 40.0 Å². The van der Waals surface area contributed by atoms with Crippen LogP contribution in [0, 0.1) is 0 Å². The van der Waals surface area contributed by atoms with Crippen LogP contribution in [-0.4, -0.2) is 55.8 Å². The molecule has 2 aromatic heterocycles. The van der Waals surface area contributed by atoms with E-state index in [4.69, 9.17) is 11.6 Å². The molecule has 0 spiro atoms. The second kappa shape index (κ2) is 10.8. The quantitative estimate of drug-likeness (QED) is 0.321. The van der Waals surface area contributed by atoms with Crippen LogP contribution in [0.15, 0.2) is 33.6 Å². The molecule has 1 N–H and O–H groups in total. The molecule has 2 aromatic rings. The number of guanidine groups is 1. The lowest BCUT2D eigenvalue weighted by Crippen LogP contribution is -2.38. The third kappa shape index (κ3) is 6.34. The topological polar surface area (TPSA) is 69.9 Å². The summed E-state index contributed by atoms with van der Waals surface area (Å²) in [6.07, 6.45) is 1.87. The summed E-state index contributed by atoms with van der Waals surface area (Å²) in [5.74, 6) is 0.750. The Balaban J connectivity index is 0.00000392. The molecule has 0 aliphatic carbocycles. The van der Waals surface area contributed by atoms with E-state index >= 15 is 0 Å². The predicted molar refractivity (Wildman–Crippen MR) is 127 cm³/mol. The molecule has 0 aliphatic heterocycles. The molecular formula is C17H27ClIN5O2S2. The maximum atomic E-state index is 12.2. The molecule has 2 heterocycles. The first-order valence-corrected chi connectivity index (χ1v) is 11.1. The minimum Gasteiger partial charge on any atom is -0.357 e. The van der Waals surface area contributed by atoms with Crippen molar-refractivity contribution in [1.82, 2.24) is 19.1 Å². The monoisotopic (exact) mass is 559 g/mol. The molecule has 0 amide bonds. The van der Waals surface area contributed by atoms with E-state index < -0.39 is 10.0 Å². The summed E-state index contributed by atoms with van der Waals surface area (Å²) in [7, 11) is 3.57. The summed E-state index contributed by atoms with van der Waals surface area (Å²) in [5, 5.41) is 3.97. The fourth-order valence-electron chi connectivity index (χ4n) is 2.43. The van der Waals surface area contributed by atoms with Gasteiger partial charge in [0.25, 0.3) is 10.0 Å². The molecule has 0 atom stereocenters. The van der Waals surface area contributed by atoms with Gasteiger partial charge in [0.1, 0.15) is 4.21 Å². The van der Waals surface area contributed by atoms with Gasteiger partial charge in [0, 0.05) is 51.5 Å². The Morgan fingerprint density at radius 3 is 2.54 bits per heavy atom. The van der Waals surface area contributed by atoms with Crippen LogP contribution >= 0.6 is 46.9 Å². The number of aliphatic imine (C=N–C) groups is 1. The first kappa shape index (κ1) is 25.2. The molecule has 11 heteroatoms. The summed E-state index contributed by atoms with van der Waals surface area (Å²) < 4.78 is 27.9. The van der Waals surface area contributed by atoms with Crippen molar-refractivity contribution in [3.8, 4) is 0 Å². The zero-order chi connectivity index (χ0) is 20.2. The van der Waals surface area contributed by atoms with Crippen molar-refractivity contribution < 1.29 is 8.42 Å². The van der Waals surface area contributed by atoms with Crippen molar-refractivity contribution in [2.24, 2.45) is 12.0 Å². The first-order chi connectivity index (χ1) is 12.6. The second-order valence-corrected chi connectivity index (χ2v) is 10.3. The highest BCUT2D eigenvalue weighted by molar-refractivity contribution is 14.0. The molecule has 0 bridgehead atoms. The molecule has 0 saturated heterocycles. The number of nitrogens with one attached hydrogen (secondary N) is 1. The van der Waals surface area contributed by atoms with Gasteiger partial charge in [-0.25, -0.2) is 17.7 Å². The second-order valence-electron chi connectivity index (χ2n) is 6.29. The highest BCUT2D eigenvalue weighted by Crippen LogP contribution is 2.24. The normalized spacial score (nSPS) is 12.2. The molecule has 0 aliphatic rings. The van der Waals surface area contributed by atoms with E-state index in [-0.39, 0.29) is 24.0 Å². The fourth-order valence-corrected chi connectivity index (χ4v) is 5.15. The Kier molecular flexibility index (Phi) is 9.74. The van der Waals surface area contributed by atoms with E-state index in [0.29, 0.717) is 22.3 Å². The number of sulfonamides is 1. The van der Waals surface area contributed by atoms with Crippen LogP contribution in [0.25, 0.3) is 0 Å². The average molecular weight is 560 g/mol. The zero-order valence-electron chi connectivity index (χ0n) is 16.6. The van der Waals surface area contributed by atoms with Crippen LogP contribution in [0.1, 0.15) is 17.5 Å². The van der Waals surface area contributed by atoms with Gasteiger partial charge in [-0.1, -0.05) is 11.6 Å². The summed E-state index contributed by atoms with van der Waals surface area (Å²) >= 11 is 7.30. The van der Waals surface area contributed by atoms with E-state index in [1.54, 1.807) is 6.07 Å². The molecular weight excluding hydrogens is 533 g/mol. The van der Waals surface area contributed by atoms with Gasteiger partial charge in [-0.2, -0.15) is 0 Å². The van der Waals surface area contributed by atoms with Gasteiger partial charge in [-0.05, 0) is 25.1 Å². The van der Waals surface area contributed by atoms with Crippen LogP contribution in [0.5, 0.6) is 0 Å². The number of nitrogens with zero attached hydrogens (tertiary/aromatic N) is 4. The summed E-state index contributed by atoms with van der Waals surface area (Å²) in [6.45, 7) is 3.81. The summed E-state index contributed by atoms with van der Waals surface area (Å²) in [5.41, 5.74) is 1.07.